The molecule has 1 aliphatic heterocycles. The van der Waals surface area contributed by atoms with Gasteiger partial charge in [0.05, 0.1) is 10.4 Å². The van der Waals surface area contributed by atoms with Crippen molar-refractivity contribution in [3.05, 3.63) is 0 Å². The normalized spacial score (nSPS) is 19.0. The summed E-state index contributed by atoms with van der Waals surface area (Å²) in [5, 5.41) is 0. The molecule has 0 radical (unpaired) electrons. The zero-order valence-electron chi connectivity index (χ0n) is 9.62. The fourth-order valence-corrected chi connectivity index (χ4v) is 1.60. The van der Waals surface area contributed by atoms with Crippen LogP contribution in [0.25, 0.3) is 0 Å². The fourth-order valence-electron chi connectivity index (χ4n) is 1.51. The number of carbonyl (C=O) groups excluding carboxylic acids is 1. The van der Waals surface area contributed by atoms with Gasteiger partial charge in [0.1, 0.15) is 0 Å². The Morgan fingerprint density at radius 3 is 2.13 bits per heavy atom. The molecule has 15 heavy (non-hydrogen) atoms. The lowest BCUT2D eigenvalue weighted by atomic mass is 9.91. The van der Waals surface area contributed by atoms with Crippen molar-refractivity contribution >= 4 is 23.1 Å². The zero-order chi connectivity index (χ0) is 11.6. The standard InChI is InChI=1S/C10H19N3OS/c1-10(2,8(11)15)9(14)13-6-4-12(3)5-7-13/h4-7H2,1-3H3,(H2,11,15). The van der Waals surface area contributed by atoms with Gasteiger partial charge in [0.25, 0.3) is 0 Å². The highest BCUT2D eigenvalue weighted by Crippen LogP contribution is 2.20. The summed E-state index contributed by atoms with van der Waals surface area (Å²) in [5.41, 5.74) is 4.86. The lowest BCUT2D eigenvalue weighted by molar-refractivity contribution is -0.138. The number of thiocarbonyl (C=S) groups is 1. The van der Waals surface area contributed by atoms with Crippen molar-refractivity contribution < 1.29 is 4.79 Å². The maximum absolute atomic E-state index is 12.1. The summed E-state index contributed by atoms with van der Waals surface area (Å²) in [7, 11) is 2.06. The van der Waals surface area contributed by atoms with E-state index in [0.717, 1.165) is 26.2 Å². The molecule has 0 aromatic heterocycles. The van der Waals surface area contributed by atoms with Gasteiger partial charge in [0, 0.05) is 26.2 Å². The highest BCUT2D eigenvalue weighted by molar-refractivity contribution is 7.80. The molecule has 0 aliphatic carbocycles. The zero-order valence-corrected chi connectivity index (χ0v) is 10.4. The predicted octanol–water partition coefficient (Wildman–Crippen LogP) is 0.0727. The molecular formula is C10H19N3OS. The number of nitrogens with zero attached hydrogens (tertiary/aromatic N) is 2. The molecule has 0 aromatic rings. The molecule has 1 aliphatic rings. The van der Waals surface area contributed by atoms with E-state index in [-0.39, 0.29) is 10.9 Å². The Kier molecular flexibility index (Phi) is 3.67. The maximum atomic E-state index is 12.1. The molecule has 86 valence electrons. The second-order valence-electron chi connectivity index (χ2n) is 4.58. The molecule has 1 rings (SSSR count). The van der Waals surface area contributed by atoms with Gasteiger partial charge in [-0.25, -0.2) is 0 Å². The molecule has 0 atom stereocenters. The van der Waals surface area contributed by atoms with Gasteiger partial charge in [-0.2, -0.15) is 0 Å². The number of likely N-dealkylation sites (N-methyl/N-ethyl adjacent to an activating group) is 1. The lowest BCUT2D eigenvalue weighted by Crippen LogP contribution is -2.53. The van der Waals surface area contributed by atoms with Crippen molar-refractivity contribution in [2.75, 3.05) is 33.2 Å². The first-order valence-electron chi connectivity index (χ1n) is 5.13. The highest BCUT2D eigenvalue weighted by atomic mass is 32.1. The van der Waals surface area contributed by atoms with Crippen LogP contribution in [0.1, 0.15) is 13.8 Å². The van der Waals surface area contributed by atoms with Crippen LogP contribution < -0.4 is 5.73 Å². The molecule has 1 amide bonds. The molecule has 0 aromatic carbocycles. The van der Waals surface area contributed by atoms with Crippen LogP contribution in [0.4, 0.5) is 0 Å². The number of carbonyl (C=O) groups is 1. The van der Waals surface area contributed by atoms with Crippen LogP contribution in [-0.4, -0.2) is 53.9 Å². The first kappa shape index (κ1) is 12.4. The summed E-state index contributed by atoms with van der Waals surface area (Å²) in [4.78, 5) is 16.4. The Balaban J connectivity index is 2.65. The van der Waals surface area contributed by atoms with Crippen LogP contribution >= 0.6 is 12.2 Å². The molecule has 5 heteroatoms. The smallest absolute Gasteiger partial charge is 0.235 e. The number of nitrogens with two attached hydrogens (primary N) is 1. The van der Waals surface area contributed by atoms with E-state index in [1.165, 1.54) is 0 Å². The molecular weight excluding hydrogens is 210 g/mol. The van der Waals surface area contributed by atoms with E-state index >= 15 is 0 Å². The highest BCUT2D eigenvalue weighted by Gasteiger charge is 2.35. The molecule has 2 N–H and O–H groups in total. The first-order chi connectivity index (χ1) is 6.85. The molecule has 4 nitrogen and oxygen atoms in total. The number of piperazine rings is 1. The van der Waals surface area contributed by atoms with E-state index in [1.54, 1.807) is 13.8 Å². The Labute approximate surface area is 96.4 Å². The molecule has 0 saturated carbocycles. The minimum atomic E-state index is -0.717. The van der Waals surface area contributed by atoms with Crippen LogP contribution in [0.5, 0.6) is 0 Å². The lowest BCUT2D eigenvalue weighted by Gasteiger charge is -2.36. The van der Waals surface area contributed by atoms with E-state index < -0.39 is 5.41 Å². The summed E-state index contributed by atoms with van der Waals surface area (Å²) in [6, 6.07) is 0. The third-order valence-electron chi connectivity index (χ3n) is 2.94. The van der Waals surface area contributed by atoms with Crippen molar-refractivity contribution in [2.24, 2.45) is 11.1 Å². The fraction of sp³-hybridized carbons (Fsp3) is 0.800. The van der Waals surface area contributed by atoms with E-state index in [2.05, 4.69) is 11.9 Å². The van der Waals surface area contributed by atoms with Crippen molar-refractivity contribution in [3.8, 4) is 0 Å². The van der Waals surface area contributed by atoms with Crippen molar-refractivity contribution in [3.63, 3.8) is 0 Å². The third kappa shape index (κ3) is 2.66. The van der Waals surface area contributed by atoms with Gasteiger partial charge in [-0.1, -0.05) is 12.2 Å². The Morgan fingerprint density at radius 1 is 1.27 bits per heavy atom. The van der Waals surface area contributed by atoms with Crippen LogP contribution in [0, 0.1) is 5.41 Å². The number of hydrogen-bond donors (Lipinski definition) is 1. The SMILES string of the molecule is CN1CCN(C(=O)C(C)(C)C(N)=S)CC1. The molecule has 0 unspecified atom stereocenters. The van der Waals surface area contributed by atoms with Crippen molar-refractivity contribution in [2.45, 2.75) is 13.8 Å². The van der Waals surface area contributed by atoms with Gasteiger partial charge in [0.2, 0.25) is 5.91 Å². The summed E-state index contributed by atoms with van der Waals surface area (Å²) < 4.78 is 0. The number of amides is 1. The van der Waals surface area contributed by atoms with Crippen molar-refractivity contribution in [1.82, 2.24) is 9.80 Å². The molecule has 0 bridgehead atoms. The predicted molar refractivity (Wildman–Crippen MR) is 64.6 cm³/mol. The Hall–Kier alpha value is -0.680. The summed E-state index contributed by atoms with van der Waals surface area (Å²) >= 11 is 4.92. The average molecular weight is 229 g/mol. The van der Waals surface area contributed by atoms with Gasteiger partial charge >= 0.3 is 0 Å². The minimum absolute atomic E-state index is 0.0445. The molecule has 1 fully saturated rings. The van der Waals surface area contributed by atoms with E-state index in [9.17, 15) is 4.79 Å². The quantitative estimate of drug-likeness (QED) is 0.681. The Morgan fingerprint density at radius 2 is 1.73 bits per heavy atom. The second kappa shape index (κ2) is 4.45. The van der Waals surface area contributed by atoms with E-state index in [1.807, 2.05) is 4.90 Å². The summed E-state index contributed by atoms with van der Waals surface area (Å²) in [5.74, 6) is 0.0445. The largest absolute Gasteiger partial charge is 0.392 e. The van der Waals surface area contributed by atoms with Crippen LogP contribution in [0.15, 0.2) is 0 Å². The van der Waals surface area contributed by atoms with E-state index in [4.69, 9.17) is 18.0 Å². The van der Waals surface area contributed by atoms with Gasteiger partial charge < -0.3 is 15.5 Å². The van der Waals surface area contributed by atoms with Crippen LogP contribution in [0.2, 0.25) is 0 Å². The third-order valence-corrected chi connectivity index (χ3v) is 3.45. The van der Waals surface area contributed by atoms with Gasteiger partial charge in [-0.3, -0.25) is 4.79 Å². The van der Waals surface area contributed by atoms with Gasteiger partial charge in [0.15, 0.2) is 0 Å². The summed E-state index contributed by atoms with van der Waals surface area (Å²) in [6.07, 6.45) is 0. The molecule has 0 spiro atoms. The second-order valence-corrected chi connectivity index (χ2v) is 5.02. The van der Waals surface area contributed by atoms with Gasteiger partial charge in [-0.05, 0) is 20.9 Å². The minimum Gasteiger partial charge on any atom is -0.392 e. The number of hydrogen-bond acceptors (Lipinski definition) is 3. The average Bonchev–Trinajstić information content (AvgIpc) is 2.17. The topological polar surface area (TPSA) is 49.6 Å². The number of rotatable bonds is 2. The Bertz CT molecular complexity index is 270. The first-order valence-corrected chi connectivity index (χ1v) is 5.54. The van der Waals surface area contributed by atoms with E-state index in [0.29, 0.717) is 0 Å². The molecule has 1 heterocycles. The van der Waals surface area contributed by atoms with Crippen LogP contribution in [-0.2, 0) is 4.79 Å². The van der Waals surface area contributed by atoms with Crippen molar-refractivity contribution in [1.29, 1.82) is 0 Å². The van der Waals surface area contributed by atoms with Crippen LogP contribution in [0.3, 0.4) is 0 Å². The molecule has 1 saturated heterocycles. The maximum Gasteiger partial charge on any atom is 0.235 e. The monoisotopic (exact) mass is 229 g/mol. The van der Waals surface area contributed by atoms with Gasteiger partial charge in [-0.15, -0.1) is 0 Å². The summed E-state index contributed by atoms with van der Waals surface area (Å²) in [6.45, 7) is 6.94.